The van der Waals surface area contributed by atoms with Gasteiger partial charge in [0.05, 0.1) is 6.10 Å². The minimum Gasteiger partial charge on any atom is -0.376 e. The molecule has 126 valence electrons. The molecular formula is C16H16Cl2N4O2. The van der Waals surface area contributed by atoms with Crippen molar-refractivity contribution >= 4 is 40.7 Å². The van der Waals surface area contributed by atoms with Gasteiger partial charge in [0.15, 0.2) is 0 Å². The normalized spacial score (nSPS) is 16.8. The number of hydrogen-bond donors (Lipinski definition) is 2. The zero-order valence-electron chi connectivity index (χ0n) is 12.8. The highest BCUT2D eigenvalue weighted by molar-refractivity contribution is 6.35. The maximum Gasteiger partial charge on any atom is 0.274 e. The summed E-state index contributed by atoms with van der Waals surface area (Å²) in [6, 6.07) is 6.36. The molecule has 1 fully saturated rings. The maximum atomic E-state index is 12.3. The molecule has 1 amide bonds. The van der Waals surface area contributed by atoms with Crippen LogP contribution in [0.15, 0.2) is 30.5 Å². The molecule has 8 heteroatoms. The third-order valence-corrected chi connectivity index (χ3v) is 3.96. The molecule has 0 bridgehead atoms. The molecule has 0 radical (unpaired) electrons. The van der Waals surface area contributed by atoms with Crippen molar-refractivity contribution in [3.63, 3.8) is 0 Å². The highest BCUT2D eigenvalue weighted by Crippen LogP contribution is 2.22. The smallest absolute Gasteiger partial charge is 0.274 e. The second-order valence-corrected chi connectivity index (χ2v) is 6.27. The number of hydrogen-bond acceptors (Lipinski definition) is 5. The zero-order chi connectivity index (χ0) is 16.9. The summed E-state index contributed by atoms with van der Waals surface area (Å²) in [6.45, 7) is 1.41. The van der Waals surface area contributed by atoms with Gasteiger partial charge in [-0.15, -0.1) is 0 Å². The molecule has 0 aliphatic carbocycles. The van der Waals surface area contributed by atoms with Gasteiger partial charge < -0.3 is 15.4 Å². The van der Waals surface area contributed by atoms with Gasteiger partial charge in [-0.05, 0) is 37.1 Å². The van der Waals surface area contributed by atoms with E-state index in [-0.39, 0.29) is 17.7 Å². The van der Waals surface area contributed by atoms with E-state index in [1.54, 1.807) is 24.3 Å². The van der Waals surface area contributed by atoms with Crippen LogP contribution in [0.4, 0.5) is 11.6 Å². The van der Waals surface area contributed by atoms with Crippen LogP contribution in [0.25, 0.3) is 0 Å². The fourth-order valence-electron chi connectivity index (χ4n) is 2.40. The average molecular weight is 367 g/mol. The van der Waals surface area contributed by atoms with E-state index in [0.29, 0.717) is 28.2 Å². The van der Waals surface area contributed by atoms with E-state index >= 15 is 0 Å². The predicted molar refractivity (Wildman–Crippen MR) is 93.9 cm³/mol. The van der Waals surface area contributed by atoms with Gasteiger partial charge in [-0.2, -0.15) is 0 Å². The van der Waals surface area contributed by atoms with Crippen LogP contribution in [0.2, 0.25) is 10.0 Å². The summed E-state index contributed by atoms with van der Waals surface area (Å²) < 4.78 is 5.53. The van der Waals surface area contributed by atoms with Crippen LogP contribution >= 0.6 is 23.2 Å². The van der Waals surface area contributed by atoms with Crippen LogP contribution in [0.1, 0.15) is 23.3 Å². The first-order chi connectivity index (χ1) is 11.6. The number of anilines is 2. The zero-order valence-corrected chi connectivity index (χ0v) is 14.3. The van der Waals surface area contributed by atoms with Crippen molar-refractivity contribution in [2.24, 2.45) is 0 Å². The van der Waals surface area contributed by atoms with Crippen molar-refractivity contribution in [2.45, 2.75) is 18.9 Å². The van der Waals surface area contributed by atoms with Gasteiger partial charge in [0.25, 0.3) is 5.91 Å². The molecule has 3 rings (SSSR count). The second-order valence-electron chi connectivity index (χ2n) is 5.39. The molecule has 1 unspecified atom stereocenters. The number of halogens is 2. The van der Waals surface area contributed by atoms with E-state index < -0.39 is 0 Å². The Morgan fingerprint density at radius 3 is 2.79 bits per heavy atom. The highest BCUT2D eigenvalue weighted by Gasteiger charge is 2.16. The largest absolute Gasteiger partial charge is 0.376 e. The summed E-state index contributed by atoms with van der Waals surface area (Å²) >= 11 is 11.9. The lowest BCUT2D eigenvalue weighted by molar-refractivity contribution is 0.102. The number of nitrogens with zero attached hydrogens (tertiary/aromatic N) is 2. The first-order valence-corrected chi connectivity index (χ1v) is 8.32. The molecule has 0 spiro atoms. The first kappa shape index (κ1) is 17.0. The van der Waals surface area contributed by atoms with E-state index in [9.17, 15) is 4.79 Å². The Balaban J connectivity index is 1.64. The van der Waals surface area contributed by atoms with Crippen molar-refractivity contribution < 1.29 is 9.53 Å². The van der Waals surface area contributed by atoms with Crippen molar-refractivity contribution in [2.75, 3.05) is 23.8 Å². The number of carbonyl (C=O) groups excluding carboxylic acids is 1. The Kier molecular flexibility index (Phi) is 5.50. The Morgan fingerprint density at radius 2 is 2.08 bits per heavy atom. The number of amides is 1. The molecule has 24 heavy (non-hydrogen) atoms. The van der Waals surface area contributed by atoms with Gasteiger partial charge in [-0.3, -0.25) is 4.79 Å². The van der Waals surface area contributed by atoms with E-state index in [1.165, 1.54) is 6.20 Å². The first-order valence-electron chi connectivity index (χ1n) is 7.56. The lowest BCUT2D eigenvalue weighted by Gasteiger charge is -2.11. The third kappa shape index (κ3) is 4.56. The molecule has 1 saturated heterocycles. The molecule has 2 heterocycles. The lowest BCUT2D eigenvalue weighted by Crippen LogP contribution is -2.21. The van der Waals surface area contributed by atoms with Crippen LogP contribution in [-0.4, -0.2) is 35.1 Å². The predicted octanol–water partition coefficient (Wildman–Crippen LogP) is 3.63. The number of benzene rings is 1. The summed E-state index contributed by atoms with van der Waals surface area (Å²) in [7, 11) is 0. The van der Waals surface area contributed by atoms with E-state index in [0.717, 1.165) is 19.4 Å². The molecule has 2 N–H and O–H groups in total. The Bertz CT molecular complexity index is 716. The number of ether oxygens (including phenoxy) is 1. The summed E-state index contributed by atoms with van der Waals surface area (Å²) in [6.07, 6.45) is 3.78. The standard InChI is InChI=1S/C16H16Cl2N4O2/c17-10-6-11(18)8-12(7-10)21-15(23)14-3-4-19-16(22-14)20-9-13-2-1-5-24-13/h3-4,6-8,13H,1-2,5,9H2,(H,21,23)(H,19,20,22). The number of carbonyl (C=O) groups is 1. The molecule has 6 nitrogen and oxygen atoms in total. The van der Waals surface area contributed by atoms with Crippen LogP contribution in [0, 0.1) is 0 Å². The summed E-state index contributed by atoms with van der Waals surface area (Å²) in [4.78, 5) is 20.6. The molecule has 1 aromatic carbocycles. The second kappa shape index (κ2) is 7.79. The highest BCUT2D eigenvalue weighted by atomic mass is 35.5. The number of rotatable bonds is 5. The van der Waals surface area contributed by atoms with E-state index in [4.69, 9.17) is 27.9 Å². The molecular weight excluding hydrogens is 351 g/mol. The van der Waals surface area contributed by atoms with Gasteiger partial charge in [-0.25, -0.2) is 9.97 Å². The quantitative estimate of drug-likeness (QED) is 0.844. The van der Waals surface area contributed by atoms with Gasteiger partial charge in [-0.1, -0.05) is 23.2 Å². The maximum absolute atomic E-state index is 12.3. The van der Waals surface area contributed by atoms with Gasteiger partial charge in [0, 0.05) is 35.1 Å². The lowest BCUT2D eigenvalue weighted by atomic mass is 10.2. The SMILES string of the molecule is O=C(Nc1cc(Cl)cc(Cl)c1)c1ccnc(NCC2CCCO2)n1. The fraction of sp³-hybridized carbons (Fsp3) is 0.312. The van der Waals surface area contributed by atoms with Crippen LogP contribution < -0.4 is 10.6 Å². The van der Waals surface area contributed by atoms with Gasteiger partial charge >= 0.3 is 0 Å². The average Bonchev–Trinajstić information content (AvgIpc) is 3.05. The summed E-state index contributed by atoms with van der Waals surface area (Å²) in [5.74, 6) is 0.0261. The molecule has 0 saturated carbocycles. The Morgan fingerprint density at radius 1 is 1.29 bits per heavy atom. The topological polar surface area (TPSA) is 76.1 Å². The fourth-order valence-corrected chi connectivity index (χ4v) is 2.93. The van der Waals surface area contributed by atoms with Crippen molar-refractivity contribution in [1.29, 1.82) is 0 Å². The van der Waals surface area contributed by atoms with Gasteiger partial charge in [0.1, 0.15) is 5.69 Å². The Labute approximate surface area is 149 Å². The van der Waals surface area contributed by atoms with E-state index in [1.807, 2.05) is 0 Å². The molecule has 1 aliphatic heterocycles. The van der Waals surface area contributed by atoms with Crippen molar-refractivity contribution in [1.82, 2.24) is 9.97 Å². The molecule has 1 aromatic heterocycles. The summed E-state index contributed by atoms with van der Waals surface area (Å²) in [5.41, 5.74) is 0.751. The molecule has 1 aliphatic rings. The Hall–Kier alpha value is -1.89. The number of nitrogens with one attached hydrogen (secondary N) is 2. The monoisotopic (exact) mass is 366 g/mol. The van der Waals surface area contributed by atoms with Crippen molar-refractivity contribution in [3.05, 3.63) is 46.2 Å². The minimum absolute atomic E-state index is 0.166. The molecule has 1 atom stereocenters. The van der Waals surface area contributed by atoms with Crippen molar-refractivity contribution in [3.8, 4) is 0 Å². The van der Waals surface area contributed by atoms with Crippen LogP contribution in [0.5, 0.6) is 0 Å². The van der Waals surface area contributed by atoms with Crippen LogP contribution in [0.3, 0.4) is 0 Å². The minimum atomic E-state index is -0.365. The number of aromatic nitrogens is 2. The van der Waals surface area contributed by atoms with E-state index in [2.05, 4.69) is 20.6 Å². The van der Waals surface area contributed by atoms with Gasteiger partial charge in [0.2, 0.25) is 5.95 Å². The van der Waals surface area contributed by atoms with Crippen LogP contribution in [-0.2, 0) is 4.74 Å². The summed E-state index contributed by atoms with van der Waals surface area (Å²) in [5, 5.41) is 6.70. The third-order valence-electron chi connectivity index (χ3n) is 3.52. The molecule has 2 aromatic rings.